The number of aryl methyl sites for hydroxylation is 2. The summed E-state index contributed by atoms with van der Waals surface area (Å²) < 4.78 is 0. The van der Waals surface area contributed by atoms with E-state index < -0.39 is 11.8 Å². The summed E-state index contributed by atoms with van der Waals surface area (Å²) in [6, 6.07) is 6.57. The Morgan fingerprint density at radius 1 is 0.808 bits per heavy atom. The molecule has 0 aliphatic heterocycles. The van der Waals surface area contributed by atoms with Crippen molar-refractivity contribution in [3.05, 3.63) is 45.4 Å². The third-order valence-electron chi connectivity index (χ3n) is 3.40. The van der Waals surface area contributed by atoms with E-state index in [-0.39, 0.29) is 11.1 Å². The van der Waals surface area contributed by atoms with E-state index in [0.717, 1.165) is 22.9 Å². The van der Waals surface area contributed by atoms with Crippen molar-refractivity contribution < 1.29 is 9.59 Å². The summed E-state index contributed by atoms with van der Waals surface area (Å²) in [5.74, 6) is -0.831. The first-order valence-electron chi connectivity index (χ1n) is 7.97. The molecule has 0 aliphatic carbocycles. The Bertz CT molecular complexity index is 861. The van der Waals surface area contributed by atoms with Crippen LogP contribution in [0.5, 0.6) is 0 Å². The third-order valence-corrected chi connectivity index (χ3v) is 5.36. The van der Waals surface area contributed by atoms with Crippen molar-refractivity contribution in [1.82, 2.24) is 20.4 Å². The fourth-order valence-electron chi connectivity index (χ4n) is 2.10. The van der Waals surface area contributed by atoms with Crippen molar-refractivity contribution in [1.29, 1.82) is 0 Å². The smallest absolute Gasteiger partial charge is 0.258 e. The number of nitrogens with zero attached hydrogens (tertiary/aromatic N) is 4. The van der Waals surface area contributed by atoms with Crippen LogP contribution in [-0.2, 0) is 12.8 Å². The lowest BCUT2D eigenvalue weighted by Gasteiger charge is -2.08. The lowest BCUT2D eigenvalue weighted by atomic mass is 10.1. The summed E-state index contributed by atoms with van der Waals surface area (Å²) in [6.45, 7) is 3.92. The van der Waals surface area contributed by atoms with Gasteiger partial charge in [-0.05, 0) is 25.0 Å². The molecular formula is C16H16N6O2S2. The molecule has 0 spiro atoms. The van der Waals surface area contributed by atoms with Crippen LogP contribution < -0.4 is 10.6 Å². The zero-order chi connectivity index (χ0) is 18.5. The van der Waals surface area contributed by atoms with Gasteiger partial charge in [0, 0.05) is 0 Å². The number of hydrogen-bond acceptors (Lipinski definition) is 8. The molecule has 0 saturated heterocycles. The second-order valence-corrected chi connectivity index (χ2v) is 7.29. The first kappa shape index (κ1) is 18.1. The van der Waals surface area contributed by atoms with Crippen molar-refractivity contribution in [2.24, 2.45) is 0 Å². The lowest BCUT2D eigenvalue weighted by molar-refractivity contribution is 0.0990. The number of nitrogens with one attached hydrogen (secondary N) is 2. The monoisotopic (exact) mass is 388 g/mol. The van der Waals surface area contributed by atoms with Crippen LogP contribution >= 0.6 is 22.7 Å². The van der Waals surface area contributed by atoms with E-state index in [2.05, 4.69) is 31.0 Å². The maximum absolute atomic E-state index is 12.6. The normalized spacial score (nSPS) is 10.5. The molecule has 0 aliphatic rings. The summed E-state index contributed by atoms with van der Waals surface area (Å²) in [6.07, 6.45) is 1.49. The molecule has 2 heterocycles. The number of carbonyl (C=O) groups is 2. The van der Waals surface area contributed by atoms with Crippen molar-refractivity contribution in [2.45, 2.75) is 26.7 Å². The summed E-state index contributed by atoms with van der Waals surface area (Å²) in [5, 5.41) is 23.6. The molecule has 134 valence electrons. The molecular weight excluding hydrogens is 372 g/mol. The molecule has 3 rings (SSSR count). The Morgan fingerprint density at radius 3 is 1.58 bits per heavy atom. The van der Waals surface area contributed by atoms with E-state index in [9.17, 15) is 9.59 Å². The Kier molecular flexibility index (Phi) is 5.64. The Labute approximate surface area is 157 Å². The molecule has 0 bridgehead atoms. The lowest BCUT2D eigenvalue weighted by Crippen LogP contribution is -2.20. The summed E-state index contributed by atoms with van der Waals surface area (Å²) >= 11 is 2.61. The van der Waals surface area contributed by atoms with Crippen molar-refractivity contribution >= 4 is 44.8 Å². The summed E-state index contributed by atoms with van der Waals surface area (Å²) in [5.41, 5.74) is 0.497. The molecule has 2 N–H and O–H groups in total. The molecule has 3 aromatic rings. The third kappa shape index (κ3) is 4.09. The second kappa shape index (κ2) is 8.11. The van der Waals surface area contributed by atoms with Crippen molar-refractivity contribution in [3.63, 3.8) is 0 Å². The van der Waals surface area contributed by atoms with Crippen LogP contribution in [0.15, 0.2) is 24.3 Å². The van der Waals surface area contributed by atoms with Gasteiger partial charge in [-0.2, -0.15) is 0 Å². The molecule has 0 unspecified atom stereocenters. The van der Waals surface area contributed by atoms with Gasteiger partial charge < -0.3 is 0 Å². The molecule has 0 saturated carbocycles. The first-order chi connectivity index (χ1) is 12.6. The number of benzene rings is 1. The average molecular weight is 388 g/mol. The largest absolute Gasteiger partial charge is 0.296 e. The van der Waals surface area contributed by atoms with Gasteiger partial charge in [-0.3, -0.25) is 20.2 Å². The highest BCUT2D eigenvalue weighted by Crippen LogP contribution is 2.20. The number of aromatic nitrogens is 4. The van der Waals surface area contributed by atoms with E-state index in [1.54, 1.807) is 24.3 Å². The van der Waals surface area contributed by atoms with E-state index in [1.807, 2.05) is 13.8 Å². The van der Waals surface area contributed by atoms with E-state index in [1.165, 1.54) is 22.7 Å². The van der Waals surface area contributed by atoms with Gasteiger partial charge >= 0.3 is 0 Å². The topological polar surface area (TPSA) is 110 Å². The minimum absolute atomic E-state index is 0.249. The van der Waals surface area contributed by atoms with E-state index in [0.29, 0.717) is 10.3 Å². The maximum Gasteiger partial charge on any atom is 0.258 e. The van der Waals surface area contributed by atoms with Gasteiger partial charge in [-0.15, -0.1) is 20.4 Å². The van der Waals surface area contributed by atoms with Crippen LogP contribution in [0.4, 0.5) is 10.3 Å². The minimum atomic E-state index is -0.416. The quantitative estimate of drug-likeness (QED) is 0.672. The average Bonchev–Trinajstić information content (AvgIpc) is 3.30. The van der Waals surface area contributed by atoms with Gasteiger partial charge in [0.15, 0.2) is 0 Å². The highest BCUT2D eigenvalue weighted by atomic mass is 32.1. The zero-order valence-electron chi connectivity index (χ0n) is 14.1. The van der Waals surface area contributed by atoms with Gasteiger partial charge in [0.1, 0.15) is 10.0 Å². The predicted octanol–water partition coefficient (Wildman–Crippen LogP) is 3.02. The Balaban J connectivity index is 1.78. The number of carbonyl (C=O) groups excluding carboxylic acids is 2. The SMILES string of the molecule is CCc1nnc(NC(=O)c2ccccc2C(=O)Nc2nnc(CC)s2)s1. The second-order valence-electron chi connectivity index (χ2n) is 5.16. The van der Waals surface area contributed by atoms with Gasteiger partial charge in [0.05, 0.1) is 11.1 Å². The molecule has 0 atom stereocenters. The van der Waals surface area contributed by atoms with Crippen molar-refractivity contribution in [3.8, 4) is 0 Å². The molecule has 1 aromatic carbocycles. The fourth-order valence-corrected chi connectivity index (χ4v) is 3.45. The number of rotatable bonds is 6. The fraction of sp³-hybridized carbons (Fsp3) is 0.250. The van der Waals surface area contributed by atoms with Crippen LogP contribution in [0.25, 0.3) is 0 Å². The van der Waals surface area contributed by atoms with Crippen LogP contribution in [0.3, 0.4) is 0 Å². The van der Waals surface area contributed by atoms with E-state index >= 15 is 0 Å². The number of amides is 2. The van der Waals surface area contributed by atoms with Gasteiger partial charge in [0.25, 0.3) is 11.8 Å². The van der Waals surface area contributed by atoms with Gasteiger partial charge in [-0.1, -0.05) is 48.7 Å². The molecule has 0 radical (unpaired) electrons. The molecule has 2 amide bonds. The molecule has 2 aromatic heterocycles. The predicted molar refractivity (Wildman–Crippen MR) is 101 cm³/mol. The number of anilines is 2. The summed E-state index contributed by atoms with van der Waals surface area (Å²) in [4.78, 5) is 25.1. The first-order valence-corrected chi connectivity index (χ1v) is 9.60. The minimum Gasteiger partial charge on any atom is -0.296 e. The maximum atomic E-state index is 12.6. The van der Waals surface area contributed by atoms with Crippen LogP contribution in [0, 0.1) is 0 Å². The molecule has 8 nitrogen and oxygen atoms in total. The van der Waals surface area contributed by atoms with Crippen LogP contribution in [0.2, 0.25) is 0 Å². The number of hydrogen-bond donors (Lipinski definition) is 2. The van der Waals surface area contributed by atoms with Crippen LogP contribution in [-0.4, -0.2) is 32.2 Å². The van der Waals surface area contributed by atoms with Crippen molar-refractivity contribution in [2.75, 3.05) is 10.6 Å². The Morgan fingerprint density at radius 2 is 1.23 bits per heavy atom. The molecule has 10 heteroatoms. The highest BCUT2D eigenvalue weighted by molar-refractivity contribution is 7.15. The highest BCUT2D eigenvalue weighted by Gasteiger charge is 2.19. The van der Waals surface area contributed by atoms with Gasteiger partial charge in [0.2, 0.25) is 10.3 Å². The summed E-state index contributed by atoms with van der Waals surface area (Å²) in [7, 11) is 0. The standard InChI is InChI=1S/C16H16N6O2S2/c1-3-11-19-21-15(25-11)17-13(23)9-7-5-6-8-10(9)14(24)18-16-22-20-12(4-2)26-16/h5-8H,3-4H2,1-2H3,(H,17,21,23)(H,18,22,24). The molecule has 26 heavy (non-hydrogen) atoms. The van der Waals surface area contributed by atoms with Gasteiger partial charge in [-0.25, -0.2) is 0 Å². The van der Waals surface area contributed by atoms with E-state index in [4.69, 9.17) is 0 Å². The zero-order valence-corrected chi connectivity index (χ0v) is 15.8. The van der Waals surface area contributed by atoms with Crippen LogP contribution in [0.1, 0.15) is 44.6 Å². The Hall–Kier alpha value is -2.72. The molecule has 0 fully saturated rings.